The molecule has 0 radical (unpaired) electrons. The number of hydrogen-bond acceptors (Lipinski definition) is 4. The number of benzene rings is 1. The first-order chi connectivity index (χ1) is 8.10. The number of ether oxygens (including phenoxy) is 1. The van der Waals surface area contributed by atoms with Gasteiger partial charge in [0.1, 0.15) is 5.75 Å². The molecular formula is C11H18N2O3S. The van der Waals surface area contributed by atoms with Crippen molar-refractivity contribution in [3.05, 3.63) is 24.3 Å². The summed E-state index contributed by atoms with van der Waals surface area (Å²) in [4.78, 5) is 0.222. The van der Waals surface area contributed by atoms with Gasteiger partial charge in [0.15, 0.2) is 0 Å². The van der Waals surface area contributed by atoms with Gasteiger partial charge in [-0.2, -0.15) is 0 Å². The Labute approximate surface area is 102 Å². The van der Waals surface area contributed by atoms with Crippen LogP contribution in [0.15, 0.2) is 29.2 Å². The lowest BCUT2D eigenvalue weighted by Gasteiger charge is -2.08. The van der Waals surface area contributed by atoms with Crippen LogP contribution in [-0.2, 0) is 10.0 Å². The monoisotopic (exact) mass is 258 g/mol. The highest BCUT2D eigenvalue weighted by atomic mass is 32.2. The predicted octanol–water partition coefficient (Wildman–Crippen LogP) is 0.583. The minimum Gasteiger partial charge on any atom is -0.494 e. The summed E-state index contributed by atoms with van der Waals surface area (Å²) in [6.45, 7) is 3.31. The molecule has 0 amide bonds. The Kier molecular flexibility index (Phi) is 5.40. The first-order valence-corrected chi connectivity index (χ1v) is 6.95. The minimum absolute atomic E-state index is 0.222. The van der Waals surface area contributed by atoms with E-state index < -0.39 is 10.0 Å². The summed E-state index contributed by atoms with van der Waals surface area (Å²) in [6, 6.07) is 6.46. The maximum absolute atomic E-state index is 11.9. The van der Waals surface area contributed by atoms with Crippen LogP contribution in [0.3, 0.4) is 0 Å². The van der Waals surface area contributed by atoms with Crippen LogP contribution < -0.4 is 14.8 Å². The normalized spacial score (nSPS) is 11.4. The molecule has 0 atom stereocenters. The summed E-state index contributed by atoms with van der Waals surface area (Å²) in [7, 11) is -1.68. The van der Waals surface area contributed by atoms with Crippen molar-refractivity contribution in [3.8, 4) is 5.75 Å². The molecule has 0 bridgehead atoms. The Hall–Kier alpha value is -1.11. The van der Waals surface area contributed by atoms with Crippen molar-refractivity contribution in [2.75, 3.05) is 26.7 Å². The summed E-state index contributed by atoms with van der Waals surface area (Å²) in [5.74, 6) is 0.559. The van der Waals surface area contributed by atoms with Gasteiger partial charge < -0.3 is 10.1 Å². The van der Waals surface area contributed by atoms with Crippen LogP contribution >= 0.6 is 0 Å². The van der Waals surface area contributed by atoms with E-state index in [2.05, 4.69) is 10.0 Å². The van der Waals surface area contributed by atoms with Gasteiger partial charge in [0, 0.05) is 19.2 Å². The number of hydrogen-bond donors (Lipinski definition) is 2. The average molecular weight is 258 g/mol. The van der Waals surface area contributed by atoms with E-state index in [1.165, 1.54) is 6.07 Å². The Balaban J connectivity index is 2.79. The van der Waals surface area contributed by atoms with Crippen LogP contribution in [0, 0.1) is 0 Å². The third kappa shape index (κ3) is 4.33. The van der Waals surface area contributed by atoms with E-state index in [0.29, 0.717) is 25.4 Å². The zero-order chi connectivity index (χ0) is 12.7. The minimum atomic E-state index is -3.44. The van der Waals surface area contributed by atoms with Gasteiger partial charge in [-0.15, -0.1) is 0 Å². The Bertz CT molecular complexity index is 446. The number of nitrogens with one attached hydrogen (secondary N) is 2. The highest BCUT2D eigenvalue weighted by Gasteiger charge is 2.13. The second-order valence-electron chi connectivity index (χ2n) is 3.41. The molecule has 0 unspecified atom stereocenters. The molecule has 0 aliphatic rings. The van der Waals surface area contributed by atoms with Gasteiger partial charge in [-0.25, -0.2) is 13.1 Å². The van der Waals surface area contributed by atoms with Crippen molar-refractivity contribution in [3.63, 3.8) is 0 Å². The molecule has 1 aromatic rings. The summed E-state index contributed by atoms with van der Waals surface area (Å²) >= 11 is 0. The fraction of sp³-hybridized carbons (Fsp3) is 0.455. The quantitative estimate of drug-likeness (QED) is 0.702. The topological polar surface area (TPSA) is 67.4 Å². The second kappa shape index (κ2) is 6.58. The maximum atomic E-state index is 11.9. The molecule has 96 valence electrons. The van der Waals surface area contributed by atoms with Crippen molar-refractivity contribution in [2.45, 2.75) is 11.8 Å². The molecule has 0 aliphatic heterocycles. The Morgan fingerprint density at radius 3 is 2.71 bits per heavy atom. The maximum Gasteiger partial charge on any atom is 0.240 e. The van der Waals surface area contributed by atoms with E-state index in [9.17, 15) is 8.42 Å². The van der Waals surface area contributed by atoms with E-state index >= 15 is 0 Å². The number of likely N-dealkylation sites (N-methyl/N-ethyl adjacent to an activating group) is 1. The third-order valence-electron chi connectivity index (χ3n) is 2.09. The molecule has 0 fully saturated rings. The molecule has 1 aromatic carbocycles. The summed E-state index contributed by atoms with van der Waals surface area (Å²) in [5.41, 5.74) is 0. The lowest BCUT2D eigenvalue weighted by molar-refractivity contribution is 0.339. The molecule has 17 heavy (non-hydrogen) atoms. The van der Waals surface area contributed by atoms with Gasteiger partial charge in [0.25, 0.3) is 0 Å². The zero-order valence-electron chi connectivity index (χ0n) is 10.1. The number of rotatable bonds is 7. The molecule has 0 heterocycles. The summed E-state index contributed by atoms with van der Waals surface area (Å²) in [6.07, 6.45) is 0. The van der Waals surface area contributed by atoms with Crippen LogP contribution in [0.2, 0.25) is 0 Å². The van der Waals surface area contributed by atoms with E-state index in [1.54, 1.807) is 25.2 Å². The third-order valence-corrected chi connectivity index (χ3v) is 3.55. The number of sulfonamides is 1. The van der Waals surface area contributed by atoms with E-state index in [1.807, 2.05) is 6.92 Å². The van der Waals surface area contributed by atoms with Crippen molar-refractivity contribution < 1.29 is 13.2 Å². The first-order valence-electron chi connectivity index (χ1n) is 5.47. The van der Waals surface area contributed by atoms with Gasteiger partial charge >= 0.3 is 0 Å². The van der Waals surface area contributed by atoms with Gasteiger partial charge in [0.2, 0.25) is 10.0 Å². The summed E-state index contributed by atoms with van der Waals surface area (Å²) < 4.78 is 31.5. The lowest BCUT2D eigenvalue weighted by Crippen LogP contribution is -2.30. The molecule has 5 nitrogen and oxygen atoms in total. The molecule has 0 saturated carbocycles. The molecule has 0 aliphatic carbocycles. The van der Waals surface area contributed by atoms with E-state index in [4.69, 9.17) is 4.74 Å². The highest BCUT2D eigenvalue weighted by Crippen LogP contribution is 2.17. The second-order valence-corrected chi connectivity index (χ2v) is 5.18. The predicted molar refractivity (Wildman–Crippen MR) is 66.7 cm³/mol. The van der Waals surface area contributed by atoms with Crippen molar-refractivity contribution >= 4 is 10.0 Å². The van der Waals surface area contributed by atoms with Crippen LogP contribution in [0.1, 0.15) is 6.92 Å². The van der Waals surface area contributed by atoms with Gasteiger partial charge in [-0.05, 0) is 26.1 Å². The first kappa shape index (κ1) is 14.0. The lowest BCUT2D eigenvalue weighted by atomic mass is 10.3. The van der Waals surface area contributed by atoms with E-state index in [-0.39, 0.29) is 4.90 Å². The van der Waals surface area contributed by atoms with E-state index in [0.717, 1.165) is 0 Å². The smallest absolute Gasteiger partial charge is 0.240 e. The van der Waals surface area contributed by atoms with Crippen molar-refractivity contribution in [2.24, 2.45) is 0 Å². The Morgan fingerprint density at radius 1 is 1.29 bits per heavy atom. The van der Waals surface area contributed by atoms with Gasteiger partial charge in [-0.3, -0.25) is 0 Å². The van der Waals surface area contributed by atoms with Crippen LogP contribution in [0.5, 0.6) is 5.75 Å². The molecule has 1 rings (SSSR count). The SMILES string of the molecule is CCOc1cccc(S(=O)(=O)NCCNC)c1. The van der Waals surface area contributed by atoms with Gasteiger partial charge in [0.05, 0.1) is 11.5 Å². The van der Waals surface area contributed by atoms with Crippen LogP contribution in [0.4, 0.5) is 0 Å². The highest BCUT2D eigenvalue weighted by molar-refractivity contribution is 7.89. The fourth-order valence-electron chi connectivity index (χ4n) is 1.29. The molecule has 0 saturated heterocycles. The van der Waals surface area contributed by atoms with Crippen molar-refractivity contribution in [1.29, 1.82) is 0 Å². The molecule has 0 aromatic heterocycles. The molecule has 0 spiro atoms. The Morgan fingerprint density at radius 2 is 2.06 bits per heavy atom. The standard InChI is InChI=1S/C11H18N2O3S/c1-3-16-10-5-4-6-11(9-10)17(14,15)13-8-7-12-2/h4-6,9,12-13H,3,7-8H2,1-2H3. The summed E-state index contributed by atoms with van der Waals surface area (Å²) in [5, 5.41) is 2.87. The zero-order valence-corrected chi connectivity index (χ0v) is 10.9. The van der Waals surface area contributed by atoms with Crippen molar-refractivity contribution in [1.82, 2.24) is 10.0 Å². The average Bonchev–Trinajstić information content (AvgIpc) is 2.30. The fourth-order valence-corrected chi connectivity index (χ4v) is 2.36. The molecule has 6 heteroatoms. The molecule has 2 N–H and O–H groups in total. The van der Waals surface area contributed by atoms with Crippen LogP contribution in [0.25, 0.3) is 0 Å². The van der Waals surface area contributed by atoms with Gasteiger partial charge in [-0.1, -0.05) is 6.07 Å². The van der Waals surface area contributed by atoms with Crippen LogP contribution in [-0.4, -0.2) is 35.2 Å². The molecular weight excluding hydrogens is 240 g/mol. The largest absolute Gasteiger partial charge is 0.494 e.